The summed E-state index contributed by atoms with van der Waals surface area (Å²) in [5.74, 6) is 0.591. The normalized spacial score (nSPS) is 14.2. The predicted molar refractivity (Wildman–Crippen MR) is 134 cm³/mol. The van der Waals surface area contributed by atoms with Gasteiger partial charge in [0.25, 0.3) is 5.91 Å². The van der Waals surface area contributed by atoms with Gasteiger partial charge in [-0.05, 0) is 73.2 Å². The Morgan fingerprint density at radius 2 is 1.85 bits per heavy atom. The largest absolute Gasteiger partial charge is 0.382 e. The van der Waals surface area contributed by atoms with Crippen molar-refractivity contribution in [2.75, 3.05) is 31.9 Å². The fraction of sp³-hybridized carbons (Fsp3) is 0.296. The van der Waals surface area contributed by atoms with E-state index in [9.17, 15) is 4.79 Å². The van der Waals surface area contributed by atoms with Gasteiger partial charge in [-0.2, -0.15) is 0 Å². The quantitative estimate of drug-likeness (QED) is 0.473. The van der Waals surface area contributed by atoms with Gasteiger partial charge in [0.15, 0.2) is 5.82 Å². The van der Waals surface area contributed by atoms with Gasteiger partial charge in [0.05, 0.1) is 5.52 Å². The van der Waals surface area contributed by atoms with Crippen molar-refractivity contribution < 1.29 is 4.79 Å². The maximum absolute atomic E-state index is 12.8. The number of amides is 1. The lowest BCUT2D eigenvalue weighted by atomic mass is 9.98. The van der Waals surface area contributed by atoms with Crippen LogP contribution in [0.2, 0.25) is 0 Å². The molecule has 33 heavy (non-hydrogen) atoms. The number of nitrogen functional groups attached to an aromatic ring is 1. The van der Waals surface area contributed by atoms with E-state index in [0.717, 1.165) is 83.1 Å². The summed E-state index contributed by atoms with van der Waals surface area (Å²) in [5, 5.41) is 5.41. The summed E-state index contributed by atoms with van der Waals surface area (Å²) in [6, 6.07) is 14.5. The zero-order valence-electron chi connectivity index (χ0n) is 19.2. The number of pyridine rings is 2. The van der Waals surface area contributed by atoms with E-state index in [0.29, 0.717) is 5.82 Å². The number of nitrogens with zero attached hydrogens (tertiary/aromatic N) is 3. The molecule has 0 unspecified atom stereocenters. The smallest absolute Gasteiger partial charge is 0.253 e. The van der Waals surface area contributed by atoms with E-state index in [2.05, 4.69) is 59.5 Å². The number of hydrogen-bond donors (Lipinski definition) is 2. The minimum atomic E-state index is 0.123. The first-order valence-corrected chi connectivity index (χ1v) is 11.5. The molecule has 1 aliphatic heterocycles. The van der Waals surface area contributed by atoms with Gasteiger partial charge < -0.3 is 16.0 Å². The Morgan fingerprint density at radius 1 is 1.03 bits per heavy atom. The van der Waals surface area contributed by atoms with E-state index >= 15 is 0 Å². The van der Waals surface area contributed by atoms with Gasteiger partial charge in [0, 0.05) is 48.7 Å². The van der Waals surface area contributed by atoms with Crippen LogP contribution in [-0.2, 0) is 12.8 Å². The van der Waals surface area contributed by atoms with E-state index in [1.165, 1.54) is 5.56 Å². The Bertz CT molecular complexity index is 1360. The molecular weight excluding hydrogens is 410 g/mol. The first-order valence-electron chi connectivity index (χ1n) is 11.5. The molecule has 2 aromatic heterocycles. The zero-order valence-corrected chi connectivity index (χ0v) is 19.2. The second-order valence-corrected chi connectivity index (χ2v) is 8.94. The lowest BCUT2D eigenvalue weighted by molar-refractivity contribution is 0.0735. The summed E-state index contributed by atoms with van der Waals surface area (Å²) in [6.45, 7) is 7.40. The molecule has 1 amide bonds. The molecular formula is C27H29N5O. The summed E-state index contributed by atoms with van der Waals surface area (Å²) < 4.78 is 0. The molecule has 0 saturated carbocycles. The van der Waals surface area contributed by atoms with Crippen molar-refractivity contribution in [1.82, 2.24) is 20.2 Å². The number of carbonyl (C=O) groups excluding carboxylic acids is 1. The fourth-order valence-corrected chi connectivity index (χ4v) is 4.64. The maximum Gasteiger partial charge on any atom is 0.253 e. The number of fused-ring (bicyclic) bond motifs is 3. The van der Waals surface area contributed by atoms with Gasteiger partial charge in [0.1, 0.15) is 5.52 Å². The van der Waals surface area contributed by atoms with Crippen molar-refractivity contribution in [3.8, 4) is 0 Å². The second kappa shape index (κ2) is 8.79. The Morgan fingerprint density at radius 3 is 2.64 bits per heavy atom. The van der Waals surface area contributed by atoms with E-state index in [1.54, 1.807) is 0 Å². The van der Waals surface area contributed by atoms with Crippen molar-refractivity contribution in [3.05, 3.63) is 76.5 Å². The van der Waals surface area contributed by atoms with Crippen molar-refractivity contribution >= 4 is 33.5 Å². The third kappa shape index (κ3) is 4.26. The molecule has 2 aromatic carbocycles. The van der Waals surface area contributed by atoms with Crippen LogP contribution in [-0.4, -0.2) is 47.0 Å². The molecule has 3 heterocycles. The van der Waals surface area contributed by atoms with Crippen molar-refractivity contribution in [2.45, 2.75) is 26.7 Å². The van der Waals surface area contributed by atoms with E-state index in [-0.39, 0.29) is 5.91 Å². The molecule has 1 saturated heterocycles. The average molecular weight is 440 g/mol. The van der Waals surface area contributed by atoms with Crippen LogP contribution >= 0.6 is 0 Å². The molecule has 6 nitrogen and oxygen atoms in total. The van der Waals surface area contributed by atoms with Crippen LogP contribution in [0, 0.1) is 13.8 Å². The van der Waals surface area contributed by atoms with Gasteiger partial charge in [-0.15, -0.1) is 0 Å². The van der Waals surface area contributed by atoms with Gasteiger partial charge in [-0.3, -0.25) is 9.78 Å². The first-order chi connectivity index (χ1) is 16.0. The van der Waals surface area contributed by atoms with Crippen molar-refractivity contribution in [2.24, 2.45) is 0 Å². The Labute approximate surface area is 193 Å². The predicted octanol–water partition coefficient (Wildman–Crippen LogP) is 3.81. The standard InChI is InChI=1S/C27H29N5O/c1-17-3-8-22-23-15-19(16-30-25(23)26(28)31-24(22)13-17)4-5-20-6-7-21(14-18(20)2)27(33)32-11-9-29-10-12-32/h3,6-8,13-16,29H,4-5,9-12H2,1-2H3,(H2,28,31). The molecule has 1 aliphatic rings. The van der Waals surface area contributed by atoms with E-state index < -0.39 is 0 Å². The molecule has 6 heteroatoms. The number of piperazine rings is 1. The molecule has 0 bridgehead atoms. The lowest BCUT2D eigenvalue weighted by Crippen LogP contribution is -2.46. The highest BCUT2D eigenvalue weighted by Gasteiger charge is 2.18. The van der Waals surface area contributed by atoms with Crippen LogP contribution < -0.4 is 11.1 Å². The SMILES string of the molecule is Cc1ccc2c(c1)nc(N)c1ncc(CCc3ccc(C(=O)N4CCNCC4)cc3C)cc12. The number of carbonyl (C=O) groups is 1. The third-order valence-corrected chi connectivity index (χ3v) is 6.55. The minimum Gasteiger partial charge on any atom is -0.382 e. The second-order valence-electron chi connectivity index (χ2n) is 8.94. The van der Waals surface area contributed by atoms with Crippen LogP contribution in [0.1, 0.15) is 32.6 Å². The Balaban J connectivity index is 1.37. The molecule has 0 atom stereocenters. The molecule has 0 aliphatic carbocycles. The Kier molecular flexibility index (Phi) is 5.68. The molecule has 0 spiro atoms. The number of nitrogens with two attached hydrogens (primary N) is 1. The molecule has 5 rings (SSSR count). The van der Waals surface area contributed by atoms with Crippen LogP contribution in [0.3, 0.4) is 0 Å². The monoisotopic (exact) mass is 439 g/mol. The number of benzene rings is 2. The van der Waals surface area contributed by atoms with Crippen molar-refractivity contribution in [1.29, 1.82) is 0 Å². The minimum absolute atomic E-state index is 0.123. The number of hydrogen-bond acceptors (Lipinski definition) is 5. The highest BCUT2D eigenvalue weighted by molar-refractivity contribution is 6.08. The number of aryl methyl sites for hydroxylation is 4. The van der Waals surface area contributed by atoms with E-state index in [1.807, 2.05) is 23.2 Å². The summed E-state index contributed by atoms with van der Waals surface area (Å²) in [4.78, 5) is 23.9. The number of rotatable bonds is 4. The maximum atomic E-state index is 12.8. The van der Waals surface area contributed by atoms with Gasteiger partial charge >= 0.3 is 0 Å². The van der Waals surface area contributed by atoms with Crippen LogP contribution in [0.5, 0.6) is 0 Å². The highest BCUT2D eigenvalue weighted by atomic mass is 16.2. The van der Waals surface area contributed by atoms with Gasteiger partial charge in [0.2, 0.25) is 0 Å². The van der Waals surface area contributed by atoms with Crippen molar-refractivity contribution in [3.63, 3.8) is 0 Å². The number of aromatic nitrogens is 2. The number of nitrogens with one attached hydrogen (secondary N) is 1. The third-order valence-electron chi connectivity index (χ3n) is 6.55. The number of anilines is 1. The van der Waals surface area contributed by atoms with Gasteiger partial charge in [-0.25, -0.2) is 4.98 Å². The van der Waals surface area contributed by atoms with Crippen LogP contribution in [0.25, 0.3) is 21.8 Å². The summed E-state index contributed by atoms with van der Waals surface area (Å²) >= 11 is 0. The fourth-order valence-electron chi connectivity index (χ4n) is 4.64. The first kappa shape index (κ1) is 21.3. The average Bonchev–Trinajstić information content (AvgIpc) is 2.83. The highest BCUT2D eigenvalue weighted by Crippen LogP contribution is 2.28. The molecule has 3 N–H and O–H groups in total. The lowest BCUT2D eigenvalue weighted by Gasteiger charge is -2.27. The topological polar surface area (TPSA) is 84.1 Å². The van der Waals surface area contributed by atoms with Gasteiger partial charge in [-0.1, -0.05) is 18.2 Å². The molecule has 0 radical (unpaired) electrons. The Hall–Kier alpha value is -3.51. The molecule has 1 fully saturated rings. The van der Waals surface area contributed by atoms with Crippen LogP contribution in [0.15, 0.2) is 48.7 Å². The van der Waals surface area contributed by atoms with E-state index in [4.69, 9.17) is 5.73 Å². The summed E-state index contributed by atoms with van der Waals surface area (Å²) in [7, 11) is 0. The summed E-state index contributed by atoms with van der Waals surface area (Å²) in [6.07, 6.45) is 3.65. The van der Waals surface area contributed by atoms with Crippen LogP contribution in [0.4, 0.5) is 5.82 Å². The molecule has 168 valence electrons. The summed E-state index contributed by atoms with van der Waals surface area (Å²) in [5.41, 5.74) is 13.3. The molecule has 4 aromatic rings. The zero-order chi connectivity index (χ0) is 22.9.